The number of halogens is 2. The third-order valence-electron chi connectivity index (χ3n) is 4.49. The highest BCUT2D eigenvalue weighted by molar-refractivity contribution is 6.30. The van der Waals surface area contributed by atoms with Gasteiger partial charge in [-0.05, 0) is 55.8 Å². The Labute approximate surface area is 177 Å². The molecular weight excluding hydrogens is 401 g/mol. The first-order valence-electron chi connectivity index (χ1n) is 8.81. The molecule has 28 heavy (non-hydrogen) atoms. The van der Waals surface area contributed by atoms with Crippen molar-refractivity contribution < 1.29 is 19.4 Å². The van der Waals surface area contributed by atoms with Crippen LogP contribution in [0.25, 0.3) is 0 Å². The monoisotopic (exact) mass is 427 g/mol. The molecule has 0 aliphatic heterocycles. The highest BCUT2D eigenvalue weighted by Crippen LogP contribution is 2.20. The summed E-state index contributed by atoms with van der Waals surface area (Å²) in [6, 6.07) is 15.2. The Morgan fingerprint density at radius 1 is 1.21 bits per heavy atom. The lowest BCUT2D eigenvalue weighted by Gasteiger charge is -2.27. The van der Waals surface area contributed by atoms with E-state index in [2.05, 4.69) is 16.6 Å². The normalized spacial score (nSPS) is 12.8. The summed E-state index contributed by atoms with van der Waals surface area (Å²) in [5.74, 6) is 0.217. The minimum atomic E-state index is -0.592. The molecule has 0 radical (unpaired) electrons. The molecule has 0 saturated carbocycles. The first-order valence-corrected chi connectivity index (χ1v) is 9.19. The second-order valence-corrected chi connectivity index (χ2v) is 7.01. The molecule has 2 aromatic rings. The third-order valence-corrected chi connectivity index (χ3v) is 4.72. The summed E-state index contributed by atoms with van der Waals surface area (Å²) in [5.41, 5.74) is 1.96. The van der Waals surface area contributed by atoms with Crippen LogP contribution >= 0.6 is 24.0 Å². The van der Waals surface area contributed by atoms with Gasteiger partial charge in [0.2, 0.25) is 0 Å². The number of hydrogen-bond acceptors (Lipinski definition) is 5. The number of carbonyl (C=O) groups is 1. The molecule has 2 atom stereocenters. The fraction of sp³-hybridized carbons (Fsp3) is 0.381. The summed E-state index contributed by atoms with van der Waals surface area (Å²) in [7, 11) is 3.32. The first-order chi connectivity index (χ1) is 12.9. The quantitative estimate of drug-likeness (QED) is 0.614. The molecule has 2 unspecified atom stereocenters. The minimum absolute atomic E-state index is 0. The van der Waals surface area contributed by atoms with Gasteiger partial charge in [0.15, 0.2) is 6.61 Å². The van der Waals surface area contributed by atoms with Gasteiger partial charge in [0.1, 0.15) is 5.75 Å². The van der Waals surface area contributed by atoms with Gasteiger partial charge in [0.25, 0.3) is 0 Å². The van der Waals surface area contributed by atoms with Gasteiger partial charge in [-0.2, -0.15) is 0 Å². The Hall–Kier alpha value is -1.79. The molecular formula is C21H27Cl2NO4. The van der Waals surface area contributed by atoms with Crippen molar-refractivity contribution in [3.8, 4) is 5.75 Å². The lowest BCUT2D eigenvalue weighted by molar-refractivity contribution is -0.142. The van der Waals surface area contributed by atoms with E-state index >= 15 is 0 Å². The predicted octanol–water partition coefficient (Wildman–Crippen LogP) is 3.91. The van der Waals surface area contributed by atoms with Crippen molar-refractivity contribution >= 4 is 30.0 Å². The summed E-state index contributed by atoms with van der Waals surface area (Å²) in [4.78, 5) is 13.2. The van der Waals surface area contributed by atoms with Gasteiger partial charge in [-0.1, -0.05) is 35.9 Å². The van der Waals surface area contributed by atoms with Gasteiger partial charge in [-0.15, -0.1) is 12.4 Å². The predicted molar refractivity (Wildman–Crippen MR) is 113 cm³/mol. The van der Waals surface area contributed by atoms with Crippen LogP contribution in [0.1, 0.15) is 24.2 Å². The molecule has 0 bridgehead atoms. The van der Waals surface area contributed by atoms with E-state index in [1.807, 2.05) is 43.4 Å². The van der Waals surface area contributed by atoms with Crippen molar-refractivity contribution in [2.75, 3.05) is 27.3 Å². The van der Waals surface area contributed by atoms with Crippen molar-refractivity contribution in [1.29, 1.82) is 0 Å². The fourth-order valence-corrected chi connectivity index (χ4v) is 2.89. The number of ether oxygens (including phenoxy) is 2. The van der Waals surface area contributed by atoms with Gasteiger partial charge in [-0.25, -0.2) is 4.79 Å². The van der Waals surface area contributed by atoms with Gasteiger partial charge in [0.05, 0.1) is 13.2 Å². The molecule has 0 saturated heterocycles. The Balaban J connectivity index is 0.00000392. The molecule has 0 amide bonds. The zero-order chi connectivity index (χ0) is 19.8. The molecule has 2 rings (SSSR count). The lowest BCUT2D eigenvalue weighted by Crippen LogP contribution is -2.34. The van der Waals surface area contributed by atoms with Crippen LogP contribution in [-0.2, 0) is 16.0 Å². The van der Waals surface area contributed by atoms with Crippen LogP contribution in [0, 0.1) is 0 Å². The number of hydrogen-bond donors (Lipinski definition) is 1. The van der Waals surface area contributed by atoms with Crippen LogP contribution in [0.15, 0.2) is 48.5 Å². The Bertz CT molecular complexity index is 739. The van der Waals surface area contributed by atoms with Gasteiger partial charge >= 0.3 is 5.97 Å². The van der Waals surface area contributed by atoms with Gasteiger partial charge in [-0.3, -0.25) is 0 Å². The van der Waals surface area contributed by atoms with Crippen molar-refractivity contribution in [2.45, 2.75) is 25.5 Å². The summed E-state index contributed by atoms with van der Waals surface area (Å²) in [6.45, 7) is 2.53. The molecule has 5 nitrogen and oxygen atoms in total. The molecule has 0 heterocycles. The molecule has 1 N–H and O–H groups in total. The smallest absolute Gasteiger partial charge is 0.343 e. The third kappa shape index (κ3) is 7.68. The molecule has 0 aromatic heterocycles. The number of benzene rings is 2. The van der Waals surface area contributed by atoms with Crippen LogP contribution in [0.2, 0.25) is 5.02 Å². The standard InChI is InChI=1S/C21H26ClNO4.ClH/c1-15(23(2)13-20(24)17-5-4-6-18(22)12-17)11-16-7-9-19(10-8-16)27-14-21(25)26-3;/h4-10,12,15,20,24H,11,13-14H2,1-3H3;1H. The van der Waals surface area contributed by atoms with E-state index in [1.165, 1.54) is 7.11 Å². The second-order valence-electron chi connectivity index (χ2n) is 6.57. The fourth-order valence-electron chi connectivity index (χ4n) is 2.69. The van der Waals surface area contributed by atoms with E-state index in [4.69, 9.17) is 16.3 Å². The number of likely N-dealkylation sites (N-methyl/N-ethyl adjacent to an activating group) is 1. The van der Waals surface area contributed by atoms with Crippen LogP contribution in [-0.4, -0.2) is 49.3 Å². The summed E-state index contributed by atoms with van der Waals surface area (Å²) >= 11 is 6.00. The zero-order valence-corrected chi connectivity index (χ0v) is 17.9. The number of aliphatic hydroxyl groups excluding tert-OH is 1. The van der Waals surface area contributed by atoms with Crippen LogP contribution in [0.3, 0.4) is 0 Å². The summed E-state index contributed by atoms with van der Waals surface area (Å²) in [6.07, 6.45) is 0.237. The second kappa shape index (κ2) is 11.9. The molecule has 0 aliphatic rings. The maximum Gasteiger partial charge on any atom is 0.343 e. The number of methoxy groups -OCH3 is 1. The molecule has 7 heteroatoms. The molecule has 154 valence electrons. The Morgan fingerprint density at radius 2 is 1.89 bits per heavy atom. The summed E-state index contributed by atoms with van der Waals surface area (Å²) < 4.78 is 9.90. The average molecular weight is 428 g/mol. The topological polar surface area (TPSA) is 59.0 Å². The molecule has 0 spiro atoms. The molecule has 0 fully saturated rings. The van der Waals surface area contributed by atoms with Crippen molar-refractivity contribution in [3.63, 3.8) is 0 Å². The van der Waals surface area contributed by atoms with E-state index < -0.39 is 12.1 Å². The first kappa shape index (κ1) is 24.2. The van der Waals surface area contributed by atoms with E-state index in [0.717, 1.165) is 17.5 Å². The van der Waals surface area contributed by atoms with E-state index in [1.54, 1.807) is 12.1 Å². The highest BCUT2D eigenvalue weighted by Gasteiger charge is 2.16. The largest absolute Gasteiger partial charge is 0.482 e. The highest BCUT2D eigenvalue weighted by atomic mass is 35.5. The number of aliphatic hydroxyl groups is 1. The van der Waals surface area contributed by atoms with Crippen molar-refractivity contribution in [1.82, 2.24) is 4.90 Å². The average Bonchev–Trinajstić information content (AvgIpc) is 2.67. The van der Waals surface area contributed by atoms with Gasteiger partial charge < -0.3 is 19.5 Å². The molecule has 0 aliphatic carbocycles. The van der Waals surface area contributed by atoms with Crippen LogP contribution in [0.4, 0.5) is 0 Å². The number of carbonyl (C=O) groups excluding carboxylic acids is 1. The number of esters is 1. The minimum Gasteiger partial charge on any atom is -0.482 e. The van der Waals surface area contributed by atoms with E-state index in [0.29, 0.717) is 17.3 Å². The molecule has 2 aromatic carbocycles. The van der Waals surface area contributed by atoms with Crippen molar-refractivity contribution in [2.24, 2.45) is 0 Å². The van der Waals surface area contributed by atoms with E-state index in [-0.39, 0.29) is 25.1 Å². The Morgan fingerprint density at radius 3 is 2.50 bits per heavy atom. The number of nitrogens with zero attached hydrogens (tertiary/aromatic N) is 1. The maximum atomic E-state index is 11.1. The number of rotatable bonds is 9. The van der Waals surface area contributed by atoms with E-state index in [9.17, 15) is 9.90 Å². The summed E-state index contributed by atoms with van der Waals surface area (Å²) in [5, 5.41) is 11.1. The van der Waals surface area contributed by atoms with Gasteiger partial charge in [0, 0.05) is 17.6 Å². The maximum absolute atomic E-state index is 11.1. The van der Waals surface area contributed by atoms with Crippen LogP contribution in [0.5, 0.6) is 5.75 Å². The SMILES string of the molecule is COC(=O)COc1ccc(CC(C)N(C)CC(O)c2cccc(Cl)c2)cc1.Cl. The lowest BCUT2D eigenvalue weighted by atomic mass is 10.0. The van der Waals surface area contributed by atoms with Crippen LogP contribution < -0.4 is 4.74 Å². The Kier molecular flexibility index (Phi) is 10.3. The van der Waals surface area contributed by atoms with Crippen molar-refractivity contribution in [3.05, 3.63) is 64.7 Å². The zero-order valence-electron chi connectivity index (χ0n) is 16.3.